The molecule has 0 saturated carbocycles. The minimum absolute atomic E-state index is 0.0308. The molecule has 0 aliphatic heterocycles. The number of carbonyl (C=O) groups is 3. The van der Waals surface area contributed by atoms with Crippen LogP contribution in [0, 0.1) is 5.92 Å². The van der Waals surface area contributed by atoms with Crippen molar-refractivity contribution in [1.82, 2.24) is 16.0 Å². The van der Waals surface area contributed by atoms with Gasteiger partial charge in [0.2, 0.25) is 5.91 Å². The van der Waals surface area contributed by atoms with E-state index < -0.39 is 66.6 Å². The lowest BCUT2D eigenvalue weighted by molar-refractivity contribution is -0.174. The van der Waals surface area contributed by atoms with Crippen LogP contribution in [0.25, 0.3) is 0 Å². The van der Waals surface area contributed by atoms with Crippen molar-refractivity contribution in [2.45, 2.75) is 63.1 Å². The zero-order valence-corrected chi connectivity index (χ0v) is 27.3. The van der Waals surface area contributed by atoms with Gasteiger partial charge in [0.25, 0.3) is 11.8 Å². The Morgan fingerprint density at radius 3 is 1.81 bits per heavy atom. The van der Waals surface area contributed by atoms with Crippen molar-refractivity contribution in [3.05, 3.63) is 100 Å². The largest absolute Gasteiger partial charge is 0.480 e. The first-order valence-corrected chi connectivity index (χ1v) is 15.4. The van der Waals surface area contributed by atoms with E-state index in [0.29, 0.717) is 11.1 Å². The van der Waals surface area contributed by atoms with Gasteiger partial charge < -0.3 is 25.8 Å². The van der Waals surface area contributed by atoms with Crippen molar-refractivity contribution in [3.63, 3.8) is 0 Å². The molecule has 3 amide bonds. The number of nitrogens with one attached hydrogen (secondary N) is 3. The summed E-state index contributed by atoms with van der Waals surface area (Å²) in [5, 5.41) is 16.9. The number of hydrogen-bond acceptors (Lipinski definition) is 5. The Morgan fingerprint density at radius 1 is 0.792 bits per heavy atom. The monoisotopic (exact) mass is 717 g/mol. The van der Waals surface area contributed by atoms with Crippen molar-refractivity contribution in [2.24, 2.45) is 5.92 Å². The molecule has 1 unspecified atom stereocenters. The first kappa shape index (κ1) is 38.5. The van der Waals surface area contributed by atoms with E-state index in [0.717, 1.165) is 5.32 Å². The number of aliphatic hydroxyl groups excluding tert-OH is 1. The minimum Gasteiger partial charge on any atom is -0.480 e. The molecule has 260 valence electrons. The lowest BCUT2D eigenvalue weighted by Crippen LogP contribution is -2.62. The zero-order valence-electron chi connectivity index (χ0n) is 25.7. The molecule has 0 fully saturated rings. The smallest absolute Gasteiger partial charge is 0.405 e. The third-order valence-electron chi connectivity index (χ3n) is 7.08. The molecule has 4 atom stereocenters. The highest BCUT2D eigenvalue weighted by Crippen LogP contribution is 2.27. The number of halogens is 7. The summed E-state index contributed by atoms with van der Waals surface area (Å²) in [6.07, 6.45) is -9.26. The molecule has 3 rings (SSSR count). The molecule has 0 aromatic heterocycles. The molecule has 4 N–H and O–H groups in total. The van der Waals surface area contributed by atoms with Gasteiger partial charge in [-0.25, -0.2) is 0 Å². The SMILES string of the molecule is CC(C)[C@H](NC(=O)[C@H](Cc1ccccc1)NC(=O)[C@@H](Cc1ccccc1)Oc1cc(Cl)cc(Cl)c1)C(O)C(F)(F)C(=O)NCC(F)(F)F. The number of amides is 3. The van der Waals surface area contributed by atoms with E-state index in [1.165, 1.54) is 32.0 Å². The third kappa shape index (κ3) is 11.6. The molecule has 8 nitrogen and oxygen atoms in total. The van der Waals surface area contributed by atoms with Gasteiger partial charge in [0, 0.05) is 22.9 Å². The molecule has 3 aromatic rings. The summed E-state index contributed by atoms with van der Waals surface area (Å²) in [6, 6.07) is 18.3. The molecule has 0 saturated heterocycles. The number of carbonyl (C=O) groups excluding carboxylic acids is 3. The number of hydrogen-bond donors (Lipinski definition) is 4. The maximum absolute atomic E-state index is 14.9. The van der Waals surface area contributed by atoms with Crippen LogP contribution in [0.1, 0.15) is 25.0 Å². The van der Waals surface area contributed by atoms with Crippen LogP contribution in [-0.4, -0.2) is 65.8 Å². The number of ether oxygens (including phenoxy) is 1. The van der Waals surface area contributed by atoms with E-state index in [4.69, 9.17) is 27.9 Å². The summed E-state index contributed by atoms with van der Waals surface area (Å²) in [7, 11) is 0. The molecular weight excluding hydrogens is 684 g/mol. The molecule has 0 spiro atoms. The topological polar surface area (TPSA) is 117 Å². The van der Waals surface area contributed by atoms with E-state index in [2.05, 4.69) is 10.6 Å². The Hall–Kier alpha value is -3.94. The highest BCUT2D eigenvalue weighted by atomic mass is 35.5. The Labute approximate surface area is 283 Å². The molecule has 48 heavy (non-hydrogen) atoms. The number of rotatable bonds is 15. The van der Waals surface area contributed by atoms with Crippen LogP contribution >= 0.6 is 23.2 Å². The lowest BCUT2D eigenvalue weighted by atomic mass is 9.93. The van der Waals surface area contributed by atoms with Gasteiger partial charge in [-0.3, -0.25) is 14.4 Å². The Balaban J connectivity index is 1.89. The predicted molar refractivity (Wildman–Crippen MR) is 170 cm³/mol. The number of benzene rings is 3. The molecule has 0 heterocycles. The number of alkyl halides is 5. The Kier molecular flexibility index (Phi) is 13.6. The molecule has 0 radical (unpaired) electrons. The highest BCUT2D eigenvalue weighted by Gasteiger charge is 2.52. The third-order valence-corrected chi connectivity index (χ3v) is 7.51. The summed E-state index contributed by atoms with van der Waals surface area (Å²) in [5.74, 6) is -9.67. The van der Waals surface area contributed by atoms with Gasteiger partial charge in [-0.15, -0.1) is 0 Å². The summed E-state index contributed by atoms with van der Waals surface area (Å²) >= 11 is 12.2. The fourth-order valence-corrected chi connectivity index (χ4v) is 5.14. The first-order valence-electron chi connectivity index (χ1n) is 14.7. The van der Waals surface area contributed by atoms with Crippen LogP contribution in [0.15, 0.2) is 78.9 Å². The summed E-state index contributed by atoms with van der Waals surface area (Å²) in [5.41, 5.74) is 1.27. The second-order valence-electron chi connectivity index (χ2n) is 11.3. The average molecular weight is 719 g/mol. The van der Waals surface area contributed by atoms with Crippen molar-refractivity contribution >= 4 is 40.9 Å². The normalized spacial score (nSPS) is 14.4. The summed E-state index contributed by atoms with van der Waals surface area (Å²) < 4.78 is 73.4. The lowest BCUT2D eigenvalue weighted by Gasteiger charge is -2.33. The second kappa shape index (κ2) is 16.9. The van der Waals surface area contributed by atoms with Crippen LogP contribution in [0.5, 0.6) is 5.75 Å². The van der Waals surface area contributed by atoms with Crippen LogP contribution in [0.2, 0.25) is 10.0 Å². The molecule has 0 aliphatic rings. The molecule has 15 heteroatoms. The van der Waals surface area contributed by atoms with Gasteiger partial charge in [-0.2, -0.15) is 22.0 Å². The quantitative estimate of drug-likeness (QED) is 0.155. The van der Waals surface area contributed by atoms with Gasteiger partial charge in [0.1, 0.15) is 24.4 Å². The fourth-order valence-electron chi connectivity index (χ4n) is 4.63. The van der Waals surface area contributed by atoms with Crippen molar-refractivity contribution < 1.29 is 46.2 Å². The first-order chi connectivity index (χ1) is 22.5. The Bertz CT molecular complexity index is 1510. The zero-order chi connectivity index (χ0) is 35.6. The second-order valence-corrected chi connectivity index (χ2v) is 12.2. The van der Waals surface area contributed by atoms with E-state index >= 15 is 0 Å². The maximum atomic E-state index is 14.9. The van der Waals surface area contributed by atoms with Gasteiger partial charge in [-0.05, 0) is 35.2 Å². The molecule has 0 aliphatic carbocycles. The summed E-state index contributed by atoms with van der Waals surface area (Å²) in [6.45, 7) is 0.649. The van der Waals surface area contributed by atoms with Crippen LogP contribution < -0.4 is 20.7 Å². The van der Waals surface area contributed by atoms with Gasteiger partial charge in [0.15, 0.2) is 6.10 Å². The van der Waals surface area contributed by atoms with E-state index in [1.807, 2.05) is 0 Å². The van der Waals surface area contributed by atoms with Gasteiger partial charge in [-0.1, -0.05) is 97.7 Å². The van der Waals surface area contributed by atoms with Gasteiger partial charge in [0.05, 0.1) is 6.04 Å². The van der Waals surface area contributed by atoms with Crippen LogP contribution in [-0.2, 0) is 27.2 Å². The maximum Gasteiger partial charge on any atom is 0.405 e. The van der Waals surface area contributed by atoms with Crippen molar-refractivity contribution in [1.29, 1.82) is 0 Å². The standard InChI is InChI=1S/C33H34Cl2F5N3O5/c1-19(2)27(28(44)33(39,40)31(47)41-18-32(36,37)38)43-29(45)25(13-20-9-5-3-6-10-20)42-30(46)26(14-21-11-7-4-8-12-21)48-24-16-22(34)15-23(35)17-24/h3-12,15-17,19,25-28,44H,13-14,18H2,1-2H3,(H,41,47)(H,42,46)(H,43,45)/t25-,26+,27-,28?/m0/s1. The van der Waals surface area contributed by atoms with E-state index in [1.54, 1.807) is 60.7 Å². The van der Waals surface area contributed by atoms with Crippen LogP contribution in [0.4, 0.5) is 22.0 Å². The molecular formula is C33H34Cl2F5N3O5. The number of aliphatic hydroxyl groups is 1. The molecule has 3 aromatic carbocycles. The van der Waals surface area contributed by atoms with E-state index in [9.17, 15) is 41.4 Å². The highest BCUT2D eigenvalue weighted by molar-refractivity contribution is 6.34. The minimum atomic E-state index is -4.98. The van der Waals surface area contributed by atoms with Crippen molar-refractivity contribution in [3.8, 4) is 5.75 Å². The molecule has 0 bridgehead atoms. The van der Waals surface area contributed by atoms with Crippen molar-refractivity contribution in [2.75, 3.05) is 6.54 Å². The van der Waals surface area contributed by atoms with Crippen LogP contribution in [0.3, 0.4) is 0 Å². The van der Waals surface area contributed by atoms with E-state index in [-0.39, 0.29) is 28.6 Å². The Morgan fingerprint density at radius 2 is 1.31 bits per heavy atom. The fraction of sp³-hybridized carbons (Fsp3) is 0.364. The summed E-state index contributed by atoms with van der Waals surface area (Å²) in [4.78, 5) is 39.4. The average Bonchev–Trinajstić information content (AvgIpc) is 3.01. The van der Waals surface area contributed by atoms with Gasteiger partial charge >= 0.3 is 12.1 Å². The predicted octanol–water partition coefficient (Wildman–Crippen LogP) is 5.53.